The van der Waals surface area contributed by atoms with Gasteiger partial charge in [0.2, 0.25) is 5.69 Å². The van der Waals surface area contributed by atoms with E-state index in [0.717, 1.165) is 41.0 Å². The number of hydrogen-bond acceptors (Lipinski definition) is 2. The monoisotopic (exact) mass is 567 g/mol. The zero-order chi connectivity index (χ0) is 29.9. The lowest BCUT2D eigenvalue weighted by atomic mass is 9.75. The topological polar surface area (TPSA) is 19.4 Å². The number of anilines is 1. The molecule has 214 valence electrons. The van der Waals surface area contributed by atoms with Gasteiger partial charge >= 0.3 is 6.18 Å². The molecule has 2 atom stereocenters. The van der Waals surface area contributed by atoms with E-state index in [-0.39, 0.29) is 5.41 Å². The summed E-state index contributed by atoms with van der Waals surface area (Å²) in [4.78, 5) is 2.24. The van der Waals surface area contributed by atoms with Crippen LogP contribution in [-0.4, -0.2) is 24.4 Å². The van der Waals surface area contributed by atoms with Gasteiger partial charge in [-0.3, -0.25) is 0 Å². The maximum absolute atomic E-state index is 13.8. The van der Waals surface area contributed by atoms with Gasteiger partial charge in [0.15, 0.2) is 5.71 Å². The fourth-order valence-corrected chi connectivity index (χ4v) is 7.10. The third-order valence-corrected chi connectivity index (χ3v) is 9.12. The van der Waals surface area contributed by atoms with Crippen molar-refractivity contribution in [3.05, 3.63) is 132 Å². The van der Waals surface area contributed by atoms with Crippen LogP contribution in [-0.2, 0) is 23.4 Å². The standard InChI is InChI=1S/C36H34F3N2O/c1-6-20-34(2)31(41(5)30-18-16-24-11-7-8-13-27(24)33(30)34)14-9-15-32-35(3,23-26-12-10-21-42-26)28-22-25(36(37,38)39)17-19-29(28)40(32)4/h6-19,21-22H,1,20,23H2,2-5H3/q+1. The number of rotatable bonds is 6. The fraction of sp³-hybridized carbons (Fsp3) is 0.250. The Kier molecular flexibility index (Phi) is 6.56. The van der Waals surface area contributed by atoms with Crippen LogP contribution in [0.25, 0.3) is 10.8 Å². The van der Waals surface area contributed by atoms with Crippen molar-refractivity contribution in [3.63, 3.8) is 0 Å². The second-order valence-electron chi connectivity index (χ2n) is 11.7. The van der Waals surface area contributed by atoms with E-state index >= 15 is 0 Å². The summed E-state index contributed by atoms with van der Waals surface area (Å²) in [6, 6.07) is 20.5. The lowest BCUT2D eigenvalue weighted by Crippen LogP contribution is -2.33. The summed E-state index contributed by atoms with van der Waals surface area (Å²) in [6.45, 7) is 8.33. The summed E-state index contributed by atoms with van der Waals surface area (Å²) in [5.41, 5.74) is 4.20. The van der Waals surface area contributed by atoms with Crippen molar-refractivity contribution in [3.8, 4) is 0 Å². The Morgan fingerprint density at radius 3 is 2.50 bits per heavy atom. The molecule has 6 rings (SSSR count). The van der Waals surface area contributed by atoms with Crippen LogP contribution in [0.2, 0.25) is 0 Å². The van der Waals surface area contributed by atoms with Gasteiger partial charge in [-0.05, 0) is 73.0 Å². The van der Waals surface area contributed by atoms with Crippen LogP contribution in [0.5, 0.6) is 0 Å². The summed E-state index contributed by atoms with van der Waals surface area (Å²) in [7, 11) is 4.00. The molecule has 0 N–H and O–H groups in total. The van der Waals surface area contributed by atoms with E-state index in [0.29, 0.717) is 12.0 Å². The molecule has 0 amide bonds. The Hall–Kier alpha value is -4.32. The van der Waals surface area contributed by atoms with E-state index in [4.69, 9.17) is 4.42 Å². The summed E-state index contributed by atoms with van der Waals surface area (Å²) in [6.07, 6.45) is 6.53. The molecule has 1 aromatic heterocycles. The average molecular weight is 568 g/mol. The predicted molar refractivity (Wildman–Crippen MR) is 164 cm³/mol. The Morgan fingerprint density at radius 1 is 1.00 bits per heavy atom. The van der Waals surface area contributed by atoms with Crippen molar-refractivity contribution in [1.82, 2.24) is 0 Å². The number of nitrogens with zero attached hydrogens (tertiary/aromatic N) is 2. The molecule has 0 saturated carbocycles. The van der Waals surface area contributed by atoms with E-state index < -0.39 is 17.2 Å². The van der Waals surface area contributed by atoms with Gasteiger partial charge in [0.1, 0.15) is 12.8 Å². The molecule has 42 heavy (non-hydrogen) atoms. The molecule has 2 aliphatic heterocycles. The van der Waals surface area contributed by atoms with E-state index in [1.807, 2.05) is 48.9 Å². The van der Waals surface area contributed by atoms with Crippen LogP contribution >= 0.6 is 0 Å². The molecule has 2 unspecified atom stereocenters. The molecule has 0 saturated heterocycles. The van der Waals surface area contributed by atoms with Crippen molar-refractivity contribution in [2.24, 2.45) is 0 Å². The summed E-state index contributed by atoms with van der Waals surface area (Å²) in [5.74, 6) is 0.719. The van der Waals surface area contributed by atoms with E-state index in [1.165, 1.54) is 22.4 Å². The molecule has 0 radical (unpaired) electrons. The molecule has 3 aromatic carbocycles. The maximum Gasteiger partial charge on any atom is 0.416 e. The Bertz CT molecular complexity index is 1790. The smallest absolute Gasteiger partial charge is 0.416 e. The minimum Gasteiger partial charge on any atom is -0.469 e. The molecular weight excluding hydrogens is 533 g/mol. The zero-order valence-electron chi connectivity index (χ0n) is 24.3. The molecule has 3 nitrogen and oxygen atoms in total. The highest BCUT2D eigenvalue weighted by Gasteiger charge is 2.49. The van der Waals surface area contributed by atoms with Gasteiger partial charge in [0, 0.05) is 48.0 Å². The SMILES string of the molecule is C=CCC1(C)/C(=C\C=C\C2=[N+](C)c3ccc(C(F)(F)F)cc3C2(C)Cc2ccco2)N(C)c2ccc3ccccc3c21. The van der Waals surface area contributed by atoms with Crippen molar-refractivity contribution < 1.29 is 22.2 Å². The summed E-state index contributed by atoms with van der Waals surface area (Å²) >= 11 is 0. The first-order valence-electron chi connectivity index (χ1n) is 14.1. The Morgan fingerprint density at radius 2 is 1.79 bits per heavy atom. The van der Waals surface area contributed by atoms with Gasteiger partial charge < -0.3 is 9.32 Å². The number of fused-ring (bicyclic) bond motifs is 4. The number of alkyl halides is 3. The highest BCUT2D eigenvalue weighted by atomic mass is 19.4. The van der Waals surface area contributed by atoms with Gasteiger partial charge in [-0.2, -0.15) is 17.7 Å². The zero-order valence-corrected chi connectivity index (χ0v) is 24.3. The lowest BCUT2D eigenvalue weighted by Gasteiger charge is -2.28. The average Bonchev–Trinajstić information content (AvgIpc) is 3.60. The third kappa shape index (κ3) is 4.23. The highest BCUT2D eigenvalue weighted by molar-refractivity contribution is 6.04. The van der Waals surface area contributed by atoms with Crippen molar-refractivity contribution in [2.75, 3.05) is 19.0 Å². The van der Waals surface area contributed by atoms with Crippen LogP contribution in [0.15, 0.2) is 114 Å². The van der Waals surface area contributed by atoms with Crippen LogP contribution < -0.4 is 4.90 Å². The van der Waals surface area contributed by atoms with Gasteiger partial charge in [0.05, 0.1) is 17.2 Å². The molecule has 0 fully saturated rings. The summed E-state index contributed by atoms with van der Waals surface area (Å²) < 4.78 is 49.0. The molecule has 2 aliphatic rings. The molecular formula is C36H34F3N2O+. The first kappa shape index (κ1) is 27.8. The van der Waals surface area contributed by atoms with E-state index in [1.54, 1.807) is 12.3 Å². The van der Waals surface area contributed by atoms with Crippen LogP contribution in [0.3, 0.4) is 0 Å². The number of likely N-dealkylation sites (N-methyl/N-ethyl adjacent to an activating group) is 1. The molecule has 0 bridgehead atoms. The molecule has 0 aliphatic carbocycles. The van der Waals surface area contributed by atoms with Crippen molar-refractivity contribution in [2.45, 2.75) is 43.7 Å². The van der Waals surface area contributed by atoms with Gasteiger partial charge in [-0.1, -0.05) is 42.5 Å². The number of furan rings is 1. The molecule has 3 heterocycles. The fourth-order valence-electron chi connectivity index (χ4n) is 7.10. The number of halogens is 3. The number of allylic oxidation sites excluding steroid dienone is 5. The largest absolute Gasteiger partial charge is 0.469 e. The Balaban J connectivity index is 1.45. The van der Waals surface area contributed by atoms with Crippen molar-refractivity contribution >= 4 is 27.9 Å². The minimum absolute atomic E-state index is 0.300. The third-order valence-electron chi connectivity index (χ3n) is 9.12. The second kappa shape index (κ2) is 9.90. The van der Waals surface area contributed by atoms with E-state index in [2.05, 4.69) is 67.9 Å². The molecule has 4 aromatic rings. The van der Waals surface area contributed by atoms with Crippen molar-refractivity contribution in [1.29, 1.82) is 0 Å². The normalized spacial score (nSPS) is 22.9. The van der Waals surface area contributed by atoms with Gasteiger partial charge in [0.25, 0.3) is 0 Å². The Labute approximate surface area is 244 Å². The van der Waals surface area contributed by atoms with Gasteiger partial charge in [-0.15, -0.1) is 6.58 Å². The predicted octanol–water partition coefficient (Wildman–Crippen LogP) is 9.10. The van der Waals surface area contributed by atoms with Gasteiger partial charge in [-0.25, -0.2) is 0 Å². The first-order chi connectivity index (χ1) is 20.0. The van der Waals surface area contributed by atoms with E-state index in [9.17, 15) is 13.2 Å². The summed E-state index contributed by atoms with van der Waals surface area (Å²) in [5, 5.41) is 2.43. The molecule has 6 heteroatoms. The number of benzene rings is 3. The molecule has 0 spiro atoms. The number of hydrogen-bond donors (Lipinski definition) is 0. The minimum atomic E-state index is -4.43. The lowest BCUT2D eigenvalue weighted by molar-refractivity contribution is -0.401. The highest BCUT2D eigenvalue weighted by Crippen LogP contribution is 2.52. The van der Waals surface area contributed by atoms with Crippen LogP contribution in [0, 0.1) is 0 Å². The van der Waals surface area contributed by atoms with Crippen LogP contribution in [0.1, 0.15) is 42.7 Å². The van der Waals surface area contributed by atoms with Crippen LogP contribution in [0.4, 0.5) is 24.5 Å². The maximum atomic E-state index is 13.8. The second-order valence-corrected chi connectivity index (χ2v) is 11.7. The quantitative estimate of drug-likeness (QED) is 0.171. The first-order valence-corrected chi connectivity index (χ1v) is 14.1.